The second-order valence-corrected chi connectivity index (χ2v) is 8.99. The number of carboxylic acids is 1. The number of unbranched alkanes of at least 4 members (excludes halogenated alkanes) is 1. The lowest BCUT2D eigenvalue weighted by molar-refractivity contribution is -0.142. The molecule has 0 radical (unpaired) electrons. The Morgan fingerprint density at radius 3 is 1.91 bits per heavy atom. The molecule has 32 heavy (non-hydrogen) atoms. The Kier molecular flexibility index (Phi) is 15.7. The molecule has 0 saturated heterocycles. The quantitative estimate of drug-likeness (QED) is 0.125. The molecule has 4 atom stereocenters. The second-order valence-electron chi connectivity index (χ2n) is 8.01. The highest BCUT2D eigenvalue weighted by atomic mass is 32.2. The van der Waals surface area contributed by atoms with Crippen molar-refractivity contribution in [3.8, 4) is 0 Å². The van der Waals surface area contributed by atoms with Crippen molar-refractivity contribution in [2.45, 2.75) is 70.1 Å². The summed E-state index contributed by atoms with van der Waals surface area (Å²) in [6.07, 6.45) is 3.83. The molecule has 0 heterocycles. The summed E-state index contributed by atoms with van der Waals surface area (Å²) in [5, 5.41) is 26.1. The van der Waals surface area contributed by atoms with E-state index in [-0.39, 0.29) is 18.8 Å². The molecule has 0 rings (SSSR count). The number of aliphatic hydroxyl groups is 1. The fourth-order valence-electron chi connectivity index (χ4n) is 2.87. The van der Waals surface area contributed by atoms with Gasteiger partial charge in [0.25, 0.3) is 0 Å². The Balaban J connectivity index is 5.41. The molecule has 0 aromatic heterocycles. The van der Waals surface area contributed by atoms with E-state index < -0.39 is 54.5 Å². The summed E-state index contributed by atoms with van der Waals surface area (Å²) in [5.74, 6) is -2.41. The van der Waals surface area contributed by atoms with Crippen LogP contribution in [0, 0.1) is 5.92 Å². The fourth-order valence-corrected chi connectivity index (χ4v) is 3.34. The van der Waals surface area contributed by atoms with Crippen LogP contribution in [0.3, 0.4) is 0 Å². The molecule has 11 nitrogen and oxygen atoms in total. The van der Waals surface area contributed by atoms with Gasteiger partial charge in [-0.25, -0.2) is 4.79 Å². The van der Waals surface area contributed by atoms with Crippen LogP contribution in [-0.2, 0) is 19.2 Å². The average molecular weight is 478 g/mol. The maximum atomic E-state index is 12.9. The monoisotopic (exact) mass is 477 g/mol. The smallest absolute Gasteiger partial charge is 0.326 e. The molecule has 0 saturated carbocycles. The molecule has 0 aliphatic heterocycles. The van der Waals surface area contributed by atoms with Gasteiger partial charge in [-0.15, -0.1) is 0 Å². The lowest BCUT2D eigenvalue weighted by Crippen LogP contribution is -2.57. The molecule has 186 valence electrons. The number of carbonyl (C=O) groups is 4. The minimum absolute atomic E-state index is 0.0450. The van der Waals surface area contributed by atoms with Gasteiger partial charge < -0.3 is 37.6 Å². The number of amides is 3. The van der Waals surface area contributed by atoms with Gasteiger partial charge in [-0.05, 0) is 56.6 Å². The zero-order chi connectivity index (χ0) is 24.7. The van der Waals surface area contributed by atoms with Crippen LogP contribution in [0.1, 0.15) is 46.0 Å². The highest BCUT2D eigenvalue weighted by Gasteiger charge is 2.30. The molecular weight excluding hydrogens is 438 g/mol. The first-order chi connectivity index (χ1) is 15.1. The summed E-state index contributed by atoms with van der Waals surface area (Å²) < 4.78 is 0. The molecule has 3 amide bonds. The lowest BCUT2D eigenvalue weighted by Gasteiger charge is -2.25. The summed E-state index contributed by atoms with van der Waals surface area (Å²) in [7, 11) is 0. The number of aliphatic hydroxyl groups excluding tert-OH is 1. The van der Waals surface area contributed by atoms with E-state index in [1.54, 1.807) is 0 Å². The SMILES string of the molecule is CSCCC(NC(=O)C(N)CO)C(=O)NC(CCCCN)C(=O)NC(CC(C)C)C(=O)O. The molecule has 4 unspecified atom stereocenters. The summed E-state index contributed by atoms with van der Waals surface area (Å²) in [6.45, 7) is 3.54. The van der Waals surface area contributed by atoms with Gasteiger partial charge in [0.15, 0.2) is 0 Å². The zero-order valence-corrected chi connectivity index (χ0v) is 20.0. The van der Waals surface area contributed by atoms with Gasteiger partial charge in [0, 0.05) is 0 Å². The average Bonchev–Trinajstić information content (AvgIpc) is 2.73. The van der Waals surface area contributed by atoms with Crippen LogP contribution < -0.4 is 27.4 Å². The molecule has 0 aromatic carbocycles. The van der Waals surface area contributed by atoms with Crippen LogP contribution in [0.15, 0.2) is 0 Å². The molecule has 0 aliphatic carbocycles. The standard InChI is InChI=1S/C20H39N5O6S/c1-12(2)10-16(20(30)31)25-18(28)14(6-4-5-8-21)24-19(29)15(7-9-32-3)23-17(27)13(22)11-26/h12-16,26H,4-11,21-22H2,1-3H3,(H,23,27)(H,24,29)(H,25,28)(H,30,31). The fraction of sp³-hybridized carbons (Fsp3) is 0.800. The third-order valence-corrected chi connectivity index (χ3v) is 5.32. The minimum atomic E-state index is -1.17. The van der Waals surface area contributed by atoms with E-state index in [0.717, 1.165) is 0 Å². The van der Waals surface area contributed by atoms with Gasteiger partial charge in [0.2, 0.25) is 17.7 Å². The number of carboxylic acid groups (broad SMARTS) is 1. The van der Waals surface area contributed by atoms with Gasteiger partial charge >= 0.3 is 5.97 Å². The lowest BCUT2D eigenvalue weighted by atomic mass is 10.0. The Morgan fingerprint density at radius 2 is 1.44 bits per heavy atom. The Labute approximate surface area is 193 Å². The first kappa shape index (κ1) is 30.1. The molecule has 0 aliphatic rings. The highest BCUT2D eigenvalue weighted by Crippen LogP contribution is 2.08. The summed E-state index contributed by atoms with van der Waals surface area (Å²) in [6, 6.07) is -4.19. The normalized spacial score (nSPS) is 14.8. The van der Waals surface area contributed by atoms with Crippen molar-refractivity contribution in [2.24, 2.45) is 17.4 Å². The first-order valence-corrected chi connectivity index (χ1v) is 12.2. The van der Waals surface area contributed by atoms with E-state index in [0.29, 0.717) is 31.6 Å². The van der Waals surface area contributed by atoms with E-state index in [9.17, 15) is 24.3 Å². The number of hydrogen-bond acceptors (Lipinski definition) is 8. The highest BCUT2D eigenvalue weighted by molar-refractivity contribution is 7.98. The van der Waals surface area contributed by atoms with Crippen LogP contribution in [0.25, 0.3) is 0 Å². The number of nitrogens with two attached hydrogens (primary N) is 2. The maximum Gasteiger partial charge on any atom is 0.326 e. The van der Waals surface area contributed by atoms with Crippen LogP contribution in [0.4, 0.5) is 0 Å². The van der Waals surface area contributed by atoms with Crippen LogP contribution in [0.5, 0.6) is 0 Å². The number of nitrogens with one attached hydrogen (secondary N) is 3. The van der Waals surface area contributed by atoms with Crippen LogP contribution in [0.2, 0.25) is 0 Å². The molecule has 9 N–H and O–H groups in total. The third-order valence-electron chi connectivity index (χ3n) is 4.68. The van der Waals surface area contributed by atoms with Crippen molar-refractivity contribution < 1.29 is 29.4 Å². The first-order valence-electron chi connectivity index (χ1n) is 10.8. The Bertz CT molecular complexity index is 607. The number of hydrogen-bond donors (Lipinski definition) is 7. The molecule has 12 heteroatoms. The van der Waals surface area contributed by atoms with Crippen molar-refractivity contribution in [1.29, 1.82) is 0 Å². The summed E-state index contributed by atoms with van der Waals surface area (Å²) in [5.41, 5.74) is 11.0. The van der Waals surface area contributed by atoms with E-state index >= 15 is 0 Å². The topological polar surface area (TPSA) is 197 Å². The van der Waals surface area contributed by atoms with Crippen LogP contribution in [-0.4, -0.2) is 83.2 Å². The van der Waals surface area contributed by atoms with Gasteiger partial charge in [0.1, 0.15) is 24.2 Å². The molecular formula is C20H39N5O6S. The molecule has 0 aromatic rings. The van der Waals surface area contributed by atoms with Gasteiger partial charge in [-0.1, -0.05) is 13.8 Å². The predicted octanol–water partition coefficient (Wildman–Crippen LogP) is -1.23. The second kappa shape index (κ2) is 16.7. The summed E-state index contributed by atoms with van der Waals surface area (Å²) >= 11 is 1.48. The zero-order valence-electron chi connectivity index (χ0n) is 19.1. The van der Waals surface area contributed by atoms with Crippen molar-refractivity contribution in [1.82, 2.24) is 16.0 Å². The number of thioether (sulfide) groups is 1. The predicted molar refractivity (Wildman–Crippen MR) is 124 cm³/mol. The number of aliphatic carboxylic acids is 1. The van der Waals surface area contributed by atoms with Crippen molar-refractivity contribution in [3.05, 3.63) is 0 Å². The van der Waals surface area contributed by atoms with Gasteiger partial charge in [0.05, 0.1) is 6.61 Å². The van der Waals surface area contributed by atoms with Gasteiger partial charge in [-0.3, -0.25) is 14.4 Å². The van der Waals surface area contributed by atoms with Crippen molar-refractivity contribution in [3.63, 3.8) is 0 Å². The van der Waals surface area contributed by atoms with Gasteiger partial charge in [-0.2, -0.15) is 11.8 Å². The van der Waals surface area contributed by atoms with E-state index in [4.69, 9.17) is 16.6 Å². The largest absolute Gasteiger partial charge is 0.480 e. The number of rotatable bonds is 17. The number of carbonyl (C=O) groups excluding carboxylic acids is 3. The Hall–Kier alpha value is -1.89. The maximum absolute atomic E-state index is 12.9. The summed E-state index contributed by atoms with van der Waals surface area (Å²) in [4.78, 5) is 49.3. The van der Waals surface area contributed by atoms with Crippen molar-refractivity contribution >= 4 is 35.5 Å². The van der Waals surface area contributed by atoms with E-state index in [1.165, 1.54) is 11.8 Å². The van der Waals surface area contributed by atoms with Crippen molar-refractivity contribution in [2.75, 3.05) is 25.2 Å². The molecule has 0 bridgehead atoms. The van der Waals surface area contributed by atoms with Crippen LogP contribution >= 0.6 is 11.8 Å². The third kappa shape index (κ3) is 12.2. The minimum Gasteiger partial charge on any atom is -0.480 e. The molecule has 0 spiro atoms. The molecule has 0 fully saturated rings. The van der Waals surface area contributed by atoms with E-state index in [1.807, 2.05) is 20.1 Å². The van der Waals surface area contributed by atoms with E-state index in [2.05, 4.69) is 16.0 Å². The Morgan fingerprint density at radius 1 is 0.906 bits per heavy atom.